The van der Waals surface area contributed by atoms with Crippen LogP contribution in [0.3, 0.4) is 0 Å². The van der Waals surface area contributed by atoms with Crippen LogP contribution in [0.4, 0.5) is 5.69 Å². The SMILES string of the molecule is CSc1ccc(S(=O)(=O)N(CC(=O)N(Cc2c(Cl)cccc2Cl)C(C)C(=O)NC2CCCCC2)c2ccc(C)cc2)cc1. The maximum absolute atomic E-state index is 14.2. The van der Waals surface area contributed by atoms with Gasteiger partial charge in [0.05, 0.1) is 10.6 Å². The van der Waals surface area contributed by atoms with Crippen molar-refractivity contribution >= 4 is 62.5 Å². The van der Waals surface area contributed by atoms with Gasteiger partial charge >= 0.3 is 0 Å². The largest absolute Gasteiger partial charge is 0.352 e. The maximum atomic E-state index is 14.2. The summed E-state index contributed by atoms with van der Waals surface area (Å²) in [4.78, 5) is 30.0. The first-order valence-electron chi connectivity index (χ1n) is 14.3. The molecule has 1 unspecified atom stereocenters. The second-order valence-corrected chi connectivity index (χ2v) is 14.3. The van der Waals surface area contributed by atoms with Crippen LogP contribution in [0, 0.1) is 6.92 Å². The molecule has 0 bridgehead atoms. The second kappa shape index (κ2) is 14.8. The summed E-state index contributed by atoms with van der Waals surface area (Å²) < 4.78 is 29.2. The third-order valence-electron chi connectivity index (χ3n) is 7.76. The van der Waals surface area contributed by atoms with Crippen molar-refractivity contribution in [2.75, 3.05) is 17.1 Å². The summed E-state index contributed by atoms with van der Waals surface area (Å²) in [6.07, 6.45) is 6.90. The van der Waals surface area contributed by atoms with Gasteiger partial charge in [-0.25, -0.2) is 8.42 Å². The molecule has 0 heterocycles. The zero-order chi connectivity index (χ0) is 31.1. The summed E-state index contributed by atoms with van der Waals surface area (Å²) in [7, 11) is -4.15. The summed E-state index contributed by atoms with van der Waals surface area (Å²) in [6, 6.07) is 17.6. The van der Waals surface area contributed by atoms with E-state index in [0.29, 0.717) is 21.3 Å². The van der Waals surface area contributed by atoms with Crippen LogP contribution in [0.25, 0.3) is 0 Å². The first-order chi connectivity index (χ1) is 20.5. The molecule has 3 aromatic rings. The molecule has 1 aliphatic carbocycles. The van der Waals surface area contributed by atoms with Gasteiger partial charge in [0, 0.05) is 33.1 Å². The molecule has 1 saturated carbocycles. The monoisotopic (exact) mass is 661 g/mol. The summed E-state index contributed by atoms with van der Waals surface area (Å²) in [5, 5.41) is 3.79. The Balaban J connectivity index is 1.70. The number of rotatable bonds is 11. The normalized spacial score (nSPS) is 14.6. The topological polar surface area (TPSA) is 86.8 Å². The lowest BCUT2D eigenvalue weighted by Crippen LogP contribution is -2.53. The van der Waals surface area contributed by atoms with Crippen molar-refractivity contribution in [2.24, 2.45) is 0 Å². The molecular weight excluding hydrogens is 625 g/mol. The first-order valence-corrected chi connectivity index (χ1v) is 17.7. The summed E-state index contributed by atoms with van der Waals surface area (Å²) in [6.45, 7) is 2.95. The van der Waals surface area contributed by atoms with Gasteiger partial charge in [0.15, 0.2) is 0 Å². The molecule has 0 saturated heterocycles. The van der Waals surface area contributed by atoms with Gasteiger partial charge in [0.2, 0.25) is 11.8 Å². The molecule has 0 spiro atoms. The predicted molar refractivity (Wildman–Crippen MR) is 175 cm³/mol. The zero-order valence-corrected chi connectivity index (χ0v) is 27.7. The Labute approximate surface area is 269 Å². The van der Waals surface area contributed by atoms with Gasteiger partial charge in [-0.1, -0.05) is 66.2 Å². The molecule has 230 valence electrons. The Morgan fingerprint density at radius 3 is 2.14 bits per heavy atom. The number of thioether (sulfide) groups is 1. The Morgan fingerprint density at radius 1 is 0.953 bits per heavy atom. The van der Waals surface area contributed by atoms with Crippen molar-refractivity contribution in [3.05, 3.63) is 87.9 Å². The quantitative estimate of drug-likeness (QED) is 0.222. The summed E-state index contributed by atoms with van der Waals surface area (Å²) in [5.74, 6) is -0.868. The van der Waals surface area contributed by atoms with Crippen molar-refractivity contribution in [1.29, 1.82) is 0 Å². The molecular formula is C32H37Cl2N3O4S2. The zero-order valence-electron chi connectivity index (χ0n) is 24.6. The molecule has 7 nitrogen and oxygen atoms in total. The number of amides is 2. The van der Waals surface area contributed by atoms with E-state index in [0.717, 1.165) is 46.9 Å². The number of hydrogen-bond donors (Lipinski definition) is 1. The highest BCUT2D eigenvalue weighted by Gasteiger charge is 2.34. The van der Waals surface area contributed by atoms with E-state index in [1.165, 1.54) is 28.8 Å². The molecule has 1 aliphatic rings. The lowest BCUT2D eigenvalue weighted by atomic mass is 9.95. The van der Waals surface area contributed by atoms with Crippen molar-refractivity contribution < 1.29 is 18.0 Å². The first kappa shape index (κ1) is 33.2. The van der Waals surface area contributed by atoms with Gasteiger partial charge in [0.1, 0.15) is 12.6 Å². The van der Waals surface area contributed by atoms with Crippen molar-refractivity contribution in [3.8, 4) is 0 Å². The number of aryl methyl sites for hydroxylation is 1. The van der Waals surface area contributed by atoms with Crippen LogP contribution in [-0.4, -0.2) is 50.0 Å². The fraction of sp³-hybridized carbons (Fsp3) is 0.375. The molecule has 1 fully saturated rings. The standard InChI is InChI=1S/C32H37Cl2N3O4S2/c1-22-12-14-25(15-13-22)37(43(40,41)27-18-16-26(42-3)17-19-27)21-31(38)36(20-28-29(33)10-7-11-30(28)34)23(2)32(39)35-24-8-5-4-6-9-24/h7,10-19,23-24H,4-6,8-9,20-21H2,1-3H3,(H,35,39). The number of halogens is 2. The molecule has 0 aromatic heterocycles. The van der Waals surface area contributed by atoms with Crippen LogP contribution >= 0.6 is 35.0 Å². The molecule has 3 aromatic carbocycles. The van der Waals surface area contributed by atoms with Crippen LogP contribution in [-0.2, 0) is 26.2 Å². The van der Waals surface area contributed by atoms with Crippen LogP contribution < -0.4 is 9.62 Å². The molecule has 2 amide bonds. The van der Waals surface area contributed by atoms with Crippen molar-refractivity contribution in [2.45, 2.75) is 74.4 Å². The van der Waals surface area contributed by atoms with Crippen LogP contribution in [0.5, 0.6) is 0 Å². The number of anilines is 1. The fourth-order valence-corrected chi connectivity index (χ4v) is 7.46. The van der Waals surface area contributed by atoms with Crippen LogP contribution in [0.1, 0.15) is 50.2 Å². The minimum atomic E-state index is -4.15. The number of benzene rings is 3. The van der Waals surface area contributed by atoms with Gasteiger partial charge in [-0.15, -0.1) is 11.8 Å². The average Bonchev–Trinajstić information content (AvgIpc) is 3.00. The molecule has 0 radical (unpaired) electrons. The van der Waals surface area contributed by atoms with E-state index in [1.54, 1.807) is 61.5 Å². The van der Waals surface area contributed by atoms with E-state index < -0.39 is 28.5 Å². The maximum Gasteiger partial charge on any atom is 0.264 e. The van der Waals surface area contributed by atoms with E-state index in [4.69, 9.17) is 23.2 Å². The molecule has 0 aliphatic heterocycles. The Kier molecular flexibility index (Phi) is 11.5. The van der Waals surface area contributed by atoms with Crippen LogP contribution in [0.15, 0.2) is 76.5 Å². The number of carbonyl (C=O) groups excluding carboxylic acids is 2. The average molecular weight is 663 g/mol. The Hall–Kier alpha value is -2.72. The van der Waals surface area contributed by atoms with Crippen molar-refractivity contribution in [1.82, 2.24) is 10.2 Å². The lowest BCUT2D eigenvalue weighted by Gasteiger charge is -2.33. The molecule has 1 N–H and O–H groups in total. The number of hydrogen-bond acceptors (Lipinski definition) is 5. The van der Waals surface area contributed by atoms with E-state index in [1.807, 2.05) is 13.2 Å². The van der Waals surface area contributed by atoms with E-state index in [9.17, 15) is 18.0 Å². The molecule has 11 heteroatoms. The smallest absolute Gasteiger partial charge is 0.264 e. The molecule has 4 rings (SSSR count). The van der Waals surface area contributed by atoms with Crippen LogP contribution in [0.2, 0.25) is 10.0 Å². The van der Waals surface area contributed by atoms with Gasteiger partial charge in [-0.3, -0.25) is 13.9 Å². The molecule has 1 atom stereocenters. The van der Waals surface area contributed by atoms with Gasteiger partial charge in [-0.2, -0.15) is 0 Å². The minimum Gasteiger partial charge on any atom is -0.352 e. The highest BCUT2D eigenvalue weighted by atomic mass is 35.5. The van der Waals surface area contributed by atoms with Gasteiger partial charge in [-0.05, 0) is 81.5 Å². The number of nitrogens with zero attached hydrogens (tertiary/aromatic N) is 2. The second-order valence-electron chi connectivity index (χ2n) is 10.8. The summed E-state index contributed by atoms with van der Waals surface area (Å²) >= 11 is 14.5. The van der Waals surface area contributed by atoms with Gasteiger partial charge in [0.25, 0.3) is 10.0 Å². The third-order valence-corrected chi connectivity index (χ3v) is 11.0. The predicted octanol–water partition coefficient (Wildman–Crippen LogP) is 7.09. The Bertz CT molecular complexity index is 1510. The summed E-state index contributed by atoms with van der Waals surface area (Å²) in [5.41, 5.74) is 1.76. The number of nitrogens with one attached hydrogen (secondary N) is 1. The highest BCUT2D eigenvalue weighted by molar-refractivity contribution is 7.98. The van der Waals surface area contributed by atoms with E-state index in [2.05, 4.69) is 5.32 Å². The number of sulfonamides is 1. The van der Waals surface area contributed by atoms with E-state index >= 15 is 0 Å². The number of carbonyl (C=O) groups is 2. The van der Waals surface area contributed by atoms with Gasteiger partial charge < -0.3 is 10.2 Å². The third kappa shape index (κ3) is 8.26. The molecule has 43 heavy (non-hydrogen) atoms. The highest BCUT2D eigenvalue weighted by Crippen LogP contribution is 2.29. The fourth-order valence-electron chi connectivity index (χ4n) is 5.12. The van der Waals surface area contributed by atoms with E-state index in [-0.39, 0.29) is 23.4 Å². The lowest BCUT2D eigenvalue weighted by molar-refractivity contribution is -0.139. The minimum absolute atomic E-state index is 0.0400. The Morgan fingerprint density at radius 2 is 1.56 bits per heavy atom. The van der Waals surface area contributed by atoms with Crippen molar-refractivity contribution in [3.63, 3.8) is 0 Å².